The zero-order valence-corrected chi connectivity index (χ0v) is 16.8. The van der Waals surface area contributed by atoms with E-state index in [9.17, 15) is 9.59 Å². The van der Waals surface area contributed by atoms with Gasteiger partial charge in [0.25, 0.3) is 0 Å². The highest BCUT2D eigenvalue weighted by atomic mass is 16.6. The lowest BCUT2D eigenvalue weighted by Gasteiger charge is -2.21. The lowest BCUT2D eigenvalue weighted by molar-refractivity contribution is -0.111. The van der Waals surface area contributed by atoms with Gasteiger partial charge in [0.1, 0.15) is 23.7 Å². The summed E-state index contributed by atoms with van der Waals surface area (Å²) in [4.78, 5) is 25.8. The molecule has 0 heterocycles. The van der Waals surface area contributed by atoms with Crippen LogP contribution in [0, 0.1) is 0 Å². The summed E-state index contributed by atoms with van der Waals surface area (Å²) in [5.74, 6) is 0.386. The van der Waals surface area contributed by atoms with Gasteiger partial charge in [-0.25, -0.2) is 4.79 Å². The van der Waals surface area contributed by atoms with E-state index in [1.807, 2.05) is 19.0 Å². The predicted molar refractivity (Wildman–Crippen MR) is 106 cm³/mol. The van der Waals surface area contributed by atoms with Crippen molar-refractivity contribution in [3.63, 3.8) is 0 Å². The summed E-state index contributed by atoms with van der Waals surface area (Å²) in [6.45, 7) is 9.84. The van der Waals surface area contributed by atoms with Crippen LogP contribution in [0.15, 0.2) is 24.8 Å². The number of amides is 2. The van der Waals surface area contributed by atoms with Crippen LogP contribution in [0.3, 0.4) is 0 Å². The van der Waals surface area contributed by atoms with E-state index >= 15 is 0 Å². The second kappa shape index (κ2) is 9.82. The maximum Gasteiger partial charge on any atom is 0.412 e. The van der Waals surface area contributed by atoms with E-state index in [2.05, 4.69) is 17.2 Å². The van der Waals surface area contributed by atoms with E-state index in [0.29, 0.717) is 36.0 Å². The summed E-state index contributed by atoms with van der Waals surface area (Å²) in [5.41, 5.74) is 0.0727. The fraction of sp³-hybridized carbons (Fsp3) is 0.474. The molecule has 8 heteroatoms. The van der Waals surface area contributed by atoms with E-state index in [1.54, 1.807) is 32.9 Å². The van der Waals surface area contributed by atoms with Crippen molar-refractivity contribution in [3.8, 4) is 11.5 Å². The molecule has 150 valence electrons. The molecule has 0 fully saturated rings. The number of ether oxygens (including phenoxy) is 3. The van der Waals surface area contributed by atoms with Crippen LogP contribution in [0.25, 0.3) is 0 Å². The SMILES string of the molecule is C=CC(=O)Nc1cc(NC(=O)OC(C)(C)C)c(OC)cc1OCCN(C)C. The number of likely N-dealkylation sites (N-methyl/N-ethyl adjacent to an activating group) is 1. The number of carbonyl (C=O) groups is 2. The fourth-order valence-corrected chi connectivity index (χ4v) is 1.98. The third-order valence-corrected chi connectivity index (χ3v) is 3.18. The quantitative estimate of drug-likeness (QED) is 0.675. The Hall–Kier alpha value is -2.74. The first-order valence-corrected chi connectivity index (χ1v) is 8.48. The number of benzene rings is 1. The number of hydrogen-bond donors (Lipinski definition) is 2. The van der Waals surface area contributed by atoms with Gasteiger partial charge in [-0.15, -0.1) is 0 Å². The first-order chi connectivity index (χ1) is 12.6. The Kier molecular flexibility index (Phi) is 8.11. The van der Waals surface area contributed by atoms with Gasteiger partial charge in [0.2, 0.25) is 5.91 Å². The third-order valence-electron chi connectivity index (χ3n) is 3.18. The van der Waals surface area contributed by atoms with Crippen molar-refractivity contribution in [1.82, 2.24) is 4.90 Å². The highest BCUT2D eigenvalue weighted by Gasteiger charge is 2.19. The summed E-state index contributed by atoms with van der Waals surface area (Å²) < 4.78 is 16.4. The number of methoxy groups -OCH3 is 1. The van der Waals surface area contributed by atoms with Gasteiger partial charge >= 0.3 is 6.09 Å². The Bertz CT molecular complexity index is 681. The van der Waals surface area contributed by atoms with Gasteiger partial charge in [-0.1, -0.05) is 6.58 Å². The molecule has 0 unspecified atom stereocenters. The predicted octanol–water partition coefficient (Wildman–Crippen LogP) is 3.11. The molecule has 2 N–H and O–H groups in total. The van der Waals surface area contributed by atoms with E-state index in [1.165, 1.54) is 7.11 Å². The molecule has 0 aliphatic heterocycles. The minimum atomic E-state index is -0.646. The number of carbonyl (C=O) groups excluding carboxylic acids is 2. The van der Waals surface area contributed by atoms with Gasteiger partial charge in [-0.3, -0.25) is 10.1 Å². The average Bonchev–Trinajstić information content (AvgIpc) is 2.54. The summed E-state index contributed by atoms with van der Waals surface area (Å²) in [6.07, 6.45) is 0.512. The number of anilines is 2. The van der Waals surface area contributed by atoms with Crippen LogP contribution in [-0.2, 0) is 9.53 Å². The van der Waals surface area contributed by atoms with Crippen LogP contribution in [0.4, 0.5) is 16.2 Å². The largest absolute Gasteiger partial charge is 0.494 e. The molecule has 2 amide bonds. The maximum absolute atomic E-state index is 12.1. The molecule has 0 radical (unpaired) electrons. The molecule has 0 bridgehead atoms. The van der Waals surface area contributed by atoms with Crippen molar-refractivity contribution in [2.75, 3.05) is 45.0 Å². The van der Waals surface area contributed by atoms with Gasteiger partial charge in [0, 0.05) is 12.6 Å². The molecule has 1 aromatic rings. The highest BCUT2D eigenvalue weighted by Crippen LogP contribution is 2.37. The lowest BCUT2D eigenvalue weighted by Crippen LogP contribution is -2.27. The average molecular weight is 379 g/mol. The highest BCUT2D eigenvalue weighted by molar-refractivity contribution is 6.01. The summed E-state index contributed by atoms with van der Waals surface area (Å²) in [5, 5.41) is 5.29. The van der Waals surface area contributed by atoms with Gasteiger partial charge in [0.05, 0.1) is 18.5 Å². The Morgan fingerprint density at radius 1 is 1.15 bits per heavy atom. The maximum atomic E-state index is 12.1. The number of hydrogen-bond acceptors (Lipinski definition) is 6. The minimum absolute atomic E-state index is 0.339. The van der Waals surface area contributed by atoms with Gasteiger partial charge < -0.3 is 24.4 Å². The molecule has 1 aromatic carbocycles. The van der Waals surface area contributed by atoms with E-state index in [0.717, 1.165) is 6.08 Å². The topological polar surface area (TPSA) is 89.1 Å². The van der Waals surface area contributed by atoms with Crippen molar-refractivity contribution in [2.24, 2.45) is 0 Å². The van der Waals surface area contributed by atoms with Crippen molar-refractivity contribution >= 4 is 23.4 Å². The molecular weight excluding hydrogens is 350 g/mol. The van der Waals surface area contributed by atoms with Crippen LogP contribution in [0.1, 0.15) is 20.8 Å². The molecule has 0 aromatic heterocycles. The Morgan fingerprint density at radius 3 is 2.30 bits per heavy atom. The van der Waals surface area contributed by atoms with Crippen LogP contribution in [0.2, 0.25) is 0 Å². The van der Waals surface area contributed by atoms with Crippen molar-refractivity contribution in [3.05, 3.63) is 24.8 Å². The zero-order chi connectivity index (χ0) is 20.6. The molecular formula is C19H29N3O5. The molecule has 0 aliphatic rings. The van der Waals surface area contributed by atoms with Crippen LogP contribution < -0.4 is 20.1 Å². The minimum Gasteiger partial charge on any atom is -0.494 e. The molecule has 0 saturated carbocycles. The molecule has 0 spiro atoms. The molecule has 0 atom stereocenters. The molecule has 0 aliphatic carbocycles. The van der Waals surface area contributed by atoms with Crippen molar-refractivity contribution in [1.29, 1.82) is 0 Å². The lowest BCUT2D eigenvalue weighted by atomic mass is 10.2. The molecule has 0 saturated heterocycles. The third kappa shape index (κ3) is 8.00. The smallest absolute Gasteiger partial charge is 0.412 e. The monoisotopic (exact) mass is 379 g/mol. The molecule has 8 nitrogen and oxygen atoms in total. The standard InChI is InChI=1S/C19H29N3O5/c1-8-17(23)20-14-11-13(21-18(24)27-19(2,3)4)15(25-7)12-16(14)26-10-9-22(5)6/h8,11-12H,1,9-10H2,2-7H3,(H,20,23)(H,21,24). The van der Waals surface area contributed by atoms with Crippen LogP contribution in [-0.4, -0.2) is 56.9 Å². The van der Waals surface area contributed by atoms with E-state index in [-0.39, 0.29) is 0 Å². The number of nitrogens with zero attached hydrogens (tertiary/aromatic N) is 1. The van der Waals surface area contributed by atoms with Gasteiger partial charge in [0.15, 0.2) is 0 Å². The molecule has 27 heavy (non-hydrogen) atoms. The first kappa shape index (κ1) is 22.3. The van der Waals surface area contributed by atoms with Gasteiger partial charge in [-0.05, 0) is 47.0 Å². The van der Waals surface area contributed by atoms with E-state index < -0.39 is 17.6 Å². The Labute approximate surface area is 160 Å². The van der Waals surface area contributed by atoms with Crippen molar-refractivity contribution in [2.45, 2.75) is 26.4 Å². The molecule has 1 rings (SSSR count). The van der Waals surface area contributed by atoms with Crippen molar-refractivity contribution < 1.29 is 23.8 Å². The van der Waals surface area contributed by atoms with Crippen LogP contribution >= 0.6 is 0 Å². The van der Waals surface area contributed by atoms with E-state index in [4.69, 9.17) is 14.2 Å². The normalized spacial score (nSPS) is 10.9. The number of rotatable bonds is 8. The zero-order valence-electron chi connectivity index (χ0n) is 16.8. The van der Waals surface area contributed by atoms with Gasteiger partial charge in [-0.2, -0.15) is 0 Å². The summed E-state index contributed by atoms with van der Waals surface area (Å²) in [7, 11) is 5.33. The Morgan fingerprint density at radius 2 is 1.78 bits per heavy atom. The summed E-state index contributed by atoms with van der Waals surface area (Å²) in [6, 6.07) is 3.15. The first-order valence-electron chi connectivity index (χ1n) is 8.48. The number of nitrogens with one attached hydrogen (secondary N) is 2. The Balaban J connectivity index is 3.15. The second-order valence-corrected chi connectivity index (χ2v) is 7.02. The second-order valence-electron chi connectivity index (χ2n) is 7.02. The summed E-state index contributed by atoms with van der Waals surface area (Å²) >= 11 is 0. The van der Waals surface area contributed by atoms with Crippen LogP contribution in [0.5, 0.6) is 11.5 Å². The fourth-order valence-electron chi connectivity index (χ4n) is 1.98.